The normalized spacial score (nSPS) is 15.1. The lowest BCUT2D eigenvalue weighted by Crippen LogP contribution is -2.39. The van der Waals surface area contributed by atoms with Crippen molar-refractivity contribution in [1.82, 2.24) is 19.8 Å². The fourth-order valence-electron chi connectivity index (χ4n) is 3.14. The quantitative estimate of drug-likeness (QED) is 0.677. The van der Waals surface area contributed by atoms with E-state index < -0.39 is 0 Å². The van der Waals surface area contributed by atoms with Gasteiger partial charge in [0.2, 0.25) is 5.82 Å². The number of nitrogens with one attached hydrogen (secondary N) is 1. The molecule has 1 aromatic carbocycles. The highest BCUT2D eigenvalue weighted by Crippen LogP contribution is 2.08. The van der Waals surface area contributed by atoms with E-state index in [2.05, 4.69) is 15.2 Å². The summed E-state index contributed by atoms with van der Waals surface area (Å²) in [5.74, 6) is -0.210. The van der Waals surface area contributed by atoms with Gasteiger partial charge in [-0.05, 0) is 25.1 Å². The van der Waals surface area contributed by atoms with Gasteiger partial charge >= 0.3 is 0 Å². The summed E-state index contributed by atoms with van der Waals surface area (Å²) in [5, 5.41) is 3.39. The molecule has 8 nitrogen and oxygen atoms in total. The second-order valence-electron chi connectivity index (χ2n) is 6.47. The molecule has 2 aromatic rings. The summed E-state index contributed by atoms with van der Waals surface area (Å²) < 4.78 is 11.8. The van der Waals surface area contributed by atoms with E-state index in [-0.39, 0.29) is 23.8 Å². The molecule has 0 aliphatic carbocycles. The number of fused-ring (bicyclic) bond motifs is 1. The number of ether oxygens (including phenoxy) is 2. The zero-order chi connectivity index (χ0) is 19.1. The average Bonchev–Trinajstić information content (AvgIpc) is 2.71. The Morgan fingerprint density at radius 1 is 1.26 bits per heavy atom. The fraction of sp³-hybridized carbons (Fsp3) is 0.526. The highest BCUT2D eigenvalue weighted by molar-refractivity contribution is 5.93. The van der Waals surface area contributed by atoms with Crippen molar-refractivity contribution in [1.29, 1.82) is 0 Å². The molecule has 2 heterocycles. The zero-order valence-electron chi connectivity index (χ0n) is 15.6. The summed E-state index contributed by atoms with van der Waals surface area (Å²) >= 11 is 0. The third-order valence-corrected chi connectivity index (χ3v) is 4.62. The second-order valence-corrected chi connectivity index (χ2v) is 6.47. The van der Waals surface area contributed by atoms with Crippen molar-refractivity contribution in [3.05, 3.63) is 40.4 Å². The third kappa shape index (κ3) is 4.91. The van der Waals surface area contributed by atoms with Gasteiger partial charge in [-0.15, -0.1) is 0 Å². The van der Waals surface area contributed by atoms with Gasteiger partial charge in [-0.1, -0.05) is 12.1 Å². The molecule has 1 saturated heterocycles. The van der Waals surface area contributed by atoms with Crippen molar-refractivity contribution in [3.8, 4) is 0 Å². The molecule has 1 N–H and O–H groups in total. The van der Waals surface area contributed by atoms with Crippen molar-refractivity contribution in [2.75, 3.05) is 53.1 Å². The Labute approximate surface area is 158 Å². The number of morpholine rings is 1. The first-order chi connectivity index (χ1) is 13.2. The first-order valence-corrected chi connectivity index (χ1v) is 9.27. The van der Waals surface area contributed by atoms with Crippen LogP contribution in [0.1, 0.15) is 17.0 Å². The summed E-state index contributed by atoms with van der Waals surface area (Å²) in [6.07, 6.45) is 0.835. The van der Waals surface area contributed by atoms with Crippen LogP contribution in [0.25, 0.3) is 10.9 Å². The zero-order valence-corrected chi connectivity index (χ0v) is 15.6. The van der Waals surface area contributed by atoms with Gasteiger partial charge in [0.25, 0.3) is 11.5 Å². The van der Waals surface area contributed by atoms with Gasteiger partial charge in [0.05, 0.1) is 37.3 Å². The van der Waals surface area contributed by atoms with Crippen LogP contribution in [0.4, 0.5) is 0 Å². The predicted molar refractivity (Wildman–Crippen MR) is 102 cm³/mol. The molecule has 1 aliphatic rings. The van der Waals surface area contributed by atoms with Gasteiger partial charge in [-0.2, -0.15) is 0 Å². The van der Waals surface area contributed by atoms with Crippen LogP contribution in [0.15, 0.2) is 29.1 Å². The minimum atomic E-state index is -0.337. The molecule has 0 saturated carbocycles. The number of nitrogens with zero attached hydrogens (tertiary/aromatic N) is 3. The lowest BCUT2D eigenvalue weighted by Gasteiger charge is -2.26. The van der Waals surface area contributed by atoms with Crippen LogP contribution in [0, 0.1) is 0 Å². The van der Waals surface area contributed by atoms with E-state index in [0.29, 0.717) is 24.1 Å². The molecule has 1 aliphatic heterocycles. The number of hydrogen-bond donors (Lipinski definition) is 1. The number of amides is 1. The average molecular weight is 374 g/mol. The van der Waals surface area contributed by atoms with Gasteiger partial charge in [-0.25, -0.2) is 4.98 Å². The highest BCUT2D eigenvalue weighted by atomic mass is 16.5. The van der Waals surface area contributed by atoms with E-state index in [4.69, 9.17) is 9.47 Å². The van der Waals surface area contributed by atoms with Crippen molar-refractivity contribution in [2.45, 2.75) is 13.0 Å². The molecule has 0 atom stereocenters. The lowest BCUT2D eigenvalue weighted by atomic mass is 10.2. The van der Waals surface area contributed by atoms with E-state index in [1.807, 2.05) is 0 Å². The summed E-state index contributed by atoms with van der Waals surface area (Å²) in [6.45, 7) is 5.43. The van der Waals surface area contributed by atoms with E-state index in [1.54, 1.807) is 31.4 Å². The first kappa shape index (κ1) is 19.5. The minimum absolute atomic E-state index is 0.127. The van der Waals surface area contributed by atoms with Crippen LogP contribution in [0.3, 0.4) is 0 Å². The molecule has 27 heavy (non-hydrogen) atoms. The van der Waals surface area contributed by atoms with Crippen LogP contribution >= 0.6 is 0 Å². The second kappa shape index (κ2) is 9.59. The third-order valence-electron chi connectivity index (χ3n) is 4.62. The molecule has 1 amide bonds. The Morgan fingerprint density at radius 2 is 2.04 bits per heavy atom. The molecule has 0 unspecified atom stereocenters. The minimum Gasteiger partial charge on any atom is -0.383 e. The fourth-order valence-corrected chi connectivity index (χ4v) is 3.14. The summed E-state index contributed by atoms with van der Waals surface area (Å²) in [6, 6.07) is 7.06. The number of methoxy groups -OCH3 is 1. The highest BCUT2D eigenvalue weighted by Gasteiger charge is 2.17. The Hall–Kier alpha value is -2.29. The van der Waals surface area contributed by atoms with Crippen molar-refractivity contribution < 1.29 is 14.3 Å². The summed E-state index contributed by atoms with van der Waals surface area (Å²) in [4.78, 5) is 32.2. The van der Waals surface area contributed by atoms with Gasteiger partial charge in [-0.3, -0.25) is 19.1 Å². The van der Waals surface area contributed by atoms with Crippen LogP contribution in [-0.2, 0) is 16.0 Å². The van der Waals surface area contributed by atoms with Crippen molar-refractivity contribution in [3.63, 3.8) is 0 Å². The van der Waals surface area contributed by atoms with Crippen molar-refractivity contribution in [2.24, 2.45) is 0 Å². The number of benzene rings is 1. The standard InChI is InChI=1S/C19H26N4O4/c1-26-12-11-23-17(21-16-6-3-2-5-15(16)19(23)25)18(24)20-7-4-8-22-9-13-27-14-10-22/h2-3,5-6H,4,7-14H2,1H3,(H,20,24). The molecular weight excluding hydrogens is 348 g/mol. The first-order valence-electron chi connectivity index (χ1n) is 9.27. The molecule has 8 heteroatoms. The maximum atomic E-state index is 12.8. The smallest absolute Gasteiger partial charge is 0.287 e. The molecule has 146 valence electrons. The Morgan fingerprint density at radius 3 is 2.81 bits per heavy atom. The molecule has 0 spiro atoms. The molecule has 1 fully saturated rings. The Bertz CT molecular complexity index is 830. The number of carbonyl (C=O) groups is 1. The van der Waals surface area contributed by atoms with Crippen LogP contribution in [0.2, 0.25) is 0 Å². The van der Waals surface area contributed by atoms with Gasteiger partial charge in [0, 0.05) is 26.7 Å². The maximum absolute atomic E-state index is 12.8. The monoisotopic (exact) mass is 374 g/mol. The topological polar surface area (TPSA) is 85.7 Å². The molecule has 0 bridgehead atoms. The molecule has 1 aromatic heterocycles. The Balaban J connectivity index is 1.69. The maximum Gasteiger partial charge on any atom is 0.287 e. The largest absolute Gasteiger partial charge is 0.383 e. The lowest BCUT2D eigenvalue weighted by molar-refractivity contribution is 0.0374. The van der Waals surface area contributed by atoms with Crippen molar-refractivity contribution >= 4 is 16.8 Å². The predicted octanol–water partition coefficient (Wildman–Crippen LogP) is 0.495. The molecule has 3 rings (SSSR count). The van der Waals surface area contributed by atoms with E-state index in [9.17, 15) is 9.59 Å². The van der Waals surface area contributed by atoms with Gasteiger partial charge in [0.1, 0.15) is 0 Å². The summed E-state index contributed by atoms with van der Waals surface area (Å²) in [5.41, 5.74) is 0.297. The summed E-state index contributed by atoms with van der Waals surface area (Å²) in [7, 11) is 1.56. The number of rotatable bonds is 8. The van der Waals surface area contributed by atoms with Crippen LogP contribution in [-0.4, -0.2) is 73.5 Å². The molecule has 0 radical (unpaired) electrons. The number of aromatic nitrogens is 2. The number of hydrogen-bond acceptors (Lipinski definition) is 6. The molecular formula is C19H26N4O4. The van der Waals surface area contributed by atoms with Crippen LogP contribution in [0.5, 0.6) is 0 Å². The van der Waals surface area contributed by atoms with E-state index in [0.717, 1.165) is 39.3 Å². The number of carbonyl (C=O) groups excluding carboxylic acids is 1. The SMILES string of the molecule is COCCn1c(C(=O)NCCCN2CCOCC2)nc2ccccc2c1=O. The van der Waals surface area contributed by atoms with E-state index in [1.165, 1.54) is 4.57 Å². The Kier molecular flexibility index (Phi) is 6.92. The number of para-hydroxylation sites is 1. The van der Waals surface area contributed by atoms with E-state index >= 15 is 0 Å². The van der Waals surface area contributed by atoms with Gasteiger partial charge in [0.15, 0.2) is 0 Å². The van der Waals surface area contributed by atoms with Crippen LogP contribution < -0.4 is 10.9 Å². The van der Waals surface area contributed by atoms with Gasteiger partial charge < -0.3 is 14.8 Å².